The third-order valence-corrected chi connectivity index (χ3v) is 6.70. The van der Waals surface area contributed by atoms with E-state index in [0.29, 0.717) is 0 Å². The minimum atomic E-state index is 0.866. The van der Waals surface area contributed by atoms with E-state index in [9.17, 15) is 0 Å². The molecule has 150 valence electrons. The van der Waals surface area contributed by atoms with Crippen molar-refractivity contribution in [2.75, 3.05) is 7.11 Å². The molecule has 1 heterocycles. The number of benzene rings is 4. The van der Waals surface area contributed by atoms with Gasteiger partial charge in [0.25, 0.3) is 0 Å². The van der Waals surface area contributed by atoms with Crippen molar-refractivity contribution in [3.05, 3.63) is 115 Å². The highest BCUT2D eigenvalue weighted by Gasteiger charge is 2.21. The zero-order valence-electron chi connectivity index (χ0n) is 17.3. The molecule has 0 aliphatic carbocycles. The van der Waals surface area contributed by atoms with Crippen molar-refractivity contribution >= 4 is 8.19 Å². The van der Waals surface area contributed by atoms with Crippen molar-refractivity contribution in [3.8, 4) is 44.5 Å². The zero-order valence-corrected chi connectivity index (χ0v) is 18.2. The number of ether oxygens (including phenoxy) is 1. The van der Waals surface area contributed by atoms with E-state index in [1.807, 2.05) is 12.1 Å². The monoisotopic (exact) mass is 419 g/mol. The number of para-hydroxylation sites is 1. The van der Waals surface area contributed by atoms with Gasteiger partial charge in [-0.05, 0) is 55.7 Å². The molecule has 0 saturated heterocycles. The molecule has 31 heavy (non-hydrogen) atoms. The Morgan fingerprint density at radius 2 is 1.13 bits per heavy atom. The molecule has 0 radical (unpaired) electrons. The predicted molar refractivity (Wildman–Crippen MR) is 131 cm³/mol. The Kier molecular flexibility index (Phi) is 5.39. The van der Waals surface area contributed by atoms with E-state index >= 15 is 0 Å². The lowest BCUT2D eigenvalue weighted by Gasteiger charge is -2.15. The summed E-state index contributed by atoms with van der Waals surface area (Å²) in [6, 6.07) is 40.3. The SMILES string of the molecule is COc1ccc(-c2pc(-c3ccccc3)c(-c3ccccc3)n2-c2ccccc2)cc1. The van der Waals surface area contributed by atoms with Gasteiger partial charge in [0.1, 0.15) is 5.75 Å². The predicted octanol–water partition coefficient (Wildman–Crippen LogP) is 8.07. The van der Waals surface area contributed by atoms with Crippen molar-refractivity contribution in [1.82, 2.24) is 4.57 Å². The Hall–Kier alpha value is -3.61. The maximum absolute atomic E-state index is 5.39. The summed E-state index contributed by atoms with van der Waals surface area (Å²) in [6.45, 7) is 0. The van der Waals surface area contributed by atoms with Crippen molar-refractivity contribution < 1.29 is 4.74 Å². The number of rotatable bonds is 5. The Labute approximate surface area is 184 Å². The van der Waals surface area contributed by atoms with Crippen LogP contribution in [0.2, 0.25) is 0 Å². The zero-order chi connectivity index (χ0) is 21.0. The van der Waals surface area contributed by atoms with Crippen LogP contribution >= 0.6 is 8.19 Å². The van der Waals surface area contributed by atoms with Crippen LogP contribution in [0.25, 0.3) is 38.8 Å². The number of hydrogen-bond donors (Lipinski definition) is 0. The molecule has 1 aromatic heterocycles. The van der Waals surface area contributed by atoms with Crippen molar-refractivity contribution in [3.63, 3.8) is 0 Å². The Morgan fingerprint density at radius 3 is 1.71 bits per heavy atom. The minimum absolute atomic E-state index is 0.866. The third kappa shape index (κ3) is 3.79. The lowest BCUT2D eigenvalue weighted by atomic mass is 10.1. The highest BCUT2D eigenvalue weighted by Crippen LogP contribution is 2.48. The molecular weight excluding hydrogens is 397 g/mol. The van der Waals surface area contributed by atoms with E-state index in [1.165, 1.54) is 41.3 Å². The highest BCUT2D eigenvalue weighted by atomic mass is 31.0. The van der Waals surface area contributed by atoms with Crippen molar-refractivity contribution in [2.45, 2.75) is 0 Å². The fraction of sp³-hybridized carbons (Fsp3) is 0.0357. The molecule has 0 atom stereocenters. The van der Waals surface area contributed by atoms with Crippen molar-refractivity contribution in [1.29, 1.82) is 0 Å². The van der Waals surface area contributed by atoms with Crippen molar-refractivity contribution in [2.24, 2.45) is 0 Å². The number of hydrogen-bond acceptors (Lipinski definition) is 1. The first kappa shape index (κ1) is 19.4. The summed E-state index contributed by atoms with van der Waals surface area (Å²) >= 11 is 0. The second-order valence-electron chi connectivity index (χ2n) is 7.26. The number of methoxy groups -OCH3 is 1. The normalized spacial score (nSPS) is 11.0. The standard InChI is InChI=1S/C28H22NOP/c1-30-25-19-17-23(18-20-25)28-29(24-15-9-4-10-16-24)26(21-11-5-2-6-12-21)27(31-28)22-13-7-3-8-14-22/h2-20H,1H3. The largest absolute Gasteiger partial charge is 0.497 e. The van der Waals surface area contributed by atoms with Gasteiger partial charge in [0.2, 0.25) is 0 Å². The van der Waals surface area contributed by atoms with Gasteiger partial charge >= 0.3 is 0 Å². The van der Waals surface area contributed by atoms with Gasteiger partial charge in [-0.1, -0.05) is 78.9 Å². The van der Waals surface area contributed by atoms with Crippen LogP contribution in [-0.2, 0) is 0 Å². The van der Waals surface area contributed by atoms with Crippen LogP contribution in [0.5, 0.6) is 5.75 Å². The maximum Gasteiger partial charge on any atom is 0.118 e. The summed E-state index contributed by atoms with van der Waals surface area (Å²) in [5, 5.41) is 1.31. The second-order valence-corrected chi connectivity index (χ2v) is 8.36. The van der Waals surface area contributed by atoms with E-state index in [1.54, 1.807) is 7.11 Å². The smallest absolute Gasteiger partial charge is 0.118 e. The molecule has 0 saturated carbocycles. The van der Waals surface area contributed by atoms with Gasteiger partial charge in [-0.15, -0.1) is 0 Å². The maximum atomic E-state index is 5.39. The fourth-order valence-electron chi connectivity index (χ4n) is 3.84. The van der Waals surface area contributed by atoms with Crippen LogP contribution in [-0.4, -0.2) is 11.7 Å². The molecule has 0 N–H and O–H groups in total. The van der Waals surface area contributed by atoms with Gasteiger partial charge < -0.3 is 9.30 Å². The molecule has 0 aliphatic rings. The Bertz CT molecular complexity index is 1280. The third-order valence-electron chi connectivity index (χ3n) is 5.33. The summed E-state index contributed by atoms with van der Waals surface area (Å²) in [7, 11) is 2.88. The quantitative estimate of drug-likeness (QED) is 0.281. The highest BCUT2D eigenvalue weighted by molar-refractivity contribution is 7.38. The lowest BCUT2D eigenvalue weighted by molar-refractivity contribution is 0.415. The van der Waals surface area contributed by atoms with E-state index in [4.69, 9.17) is 4.74 Å². The van der Waals surface area contributed by atoms with E-state index in [2.05, 4.69) is 108 Å². The molecule has 0 fully saturated rings. The van der Waals surface area contributed by atoms with E-state index < -0.39 is 0 Å². The molecule has 0 spiro atoms. The topological polar surface area (TPSA) is 14.2 Å². The molecule has 3 heteroatoms. The molecule has 0 amide bonds. The summed E-state index contributed by atoms with van der Waals surface area (Å²) in [5.74, 6) is 0.866. The molecule has 0 aliphatic heterocycles. The van der Waals surface area contributed by atoms with Gasteiger partial charge in [-0.25, -0.2) is 0 Å². The summed E-state index contributed by atoms with van der Waals surface area (Å²) < 4.78 is 7.79. The van der Waals surface area contributed by atoms with Gasteiger partial charge in [0.15, 0.2) is 0 Å². The number of aromatic nitrogens is 1. The second kappa shape index (κ2) is 8.63. The summed E-state index contributed by atoms with van der Waals surface area (Å²) in [6.07, 6.45) is 0. The lowest BCUT2D eigenvalue weighted by Crippen LogP contribution is -1.99. The van der Waals surface area contributed by atoms with Gasteiger partial charge in [-0.2, -0.15) is 0 Å². The minimum Gasteiger partial charge on any atom is -0.497 e. The van der Waals surface area contributed by atoms with Crippen LogP contribution in [0.1, 0.15) is 0 Å². The first-order valence-electron chi connectivity index (χ1n) is 10.3. The van der Waals surface area contributed by atoms with Crippen LogP contribution in [0.3, 0.4) is 0 Å². The van der Waals surface area contributed by atoms with Crippen LogP contribution < -0.4 is 4.74 Å². The molecule has 0 bridgehead atoms. The molecule has 0 unspecified atom stereocenters. The molecule has 5 rings (SSSR count). The van der Waals surface area contributed by atoms with Gasteiger partial charge in [0, 0.05) is 16.5 Å². The first-order chi connectivity index (χ1) is 15.3. The molecule has 5 aromatic rings. The van der Waals surface area contributed by atoms with Crippen LogP contribution in [0.4, 0.5) is 0 Å². The number of nitrogens with zero attached hydrogens (tertiary/aromatic N) is 1. The van der Waals surface area contributed by atoms with Crippen LogP contribution in [0.15, 0.2) is 115 Å². The van der Waals surface area contributed by atoms with Gasteiger partial charge in [0.05, 0.1) is 18.2 Å². The first-order valence-corrected chi connectivity index (χ1v) is 11.2. The summed E-state index contributed by atoms with van der Waals surface area (Å²) in [4.78, 5) is 0. The fourth-order valence-corrected chi connectivity index (χ4v) is 5.26. The molecule has 2 nitrogen and oxygen atoms in total. The van der Waals surface area contributed by atoms with E-state index in [0.717, 1.165) is 11.4 Å². The van der Waals surface area contributed by atoms with Gasteiger partial charge in [-0.3, -0.25) is 0 Å². The van der Waals surface area contributed by atoms with E-state index in [-0.39, 0.29) is 0 Å². The molecule has 4 aromatic carbocycles. The Morgan fingerprint density at radius 1 is 0.581 bits per heavy atom. The average Bonchev–Trinajstić information content (AvgIpc) is 3.26. The van der Waals surface area contributed by atoms with Crippen LogP contribution in [0, 0.1) is 0 Å². The molecular formula is C28H22NOP. The summed E-state index contributed by atoms with van der Waals surface area (Å²) in [5.41, 5.74) is 7.27. The average molecular weight is 419 g/mol. The Balaban J connectivity index is 1.85.